The van der Waals surface area contributed by atoms with Crippen molar-refractivity contribution in [2.24, 2.45) is 0 Å². The van der Waals surface area contributed by atoms with E-state index in [1.165, 1.54) is 24.3 Å². The van der Waals surface area contributed by atoms with Crippen LogP contribution in [-0.4, -0.2) is 22.9 Å². The van der Waals surface area contributed by atoms with Gasteiger partial charge in [0.05, 0.1) is 11.1 Å². The molecular formula is C20H22Li2N2O4. The van der Waals surface area contributed by atoms with Crippen molar-refractivity contribution in [2.75, 3.05) is 0 Å². The number of amides is 2. The summed E-state index contributed by atoms with van der Waals surface area (Å²) in [6.07, 6.45) is 0. The minimum atomic E-state index is -0.903. The third-order valence-electron chi connectivity index (χ3n) is 4.68. The molecule has 0 spiro atoms. The second-order valence-corrected chi connectivity index (χ2v) is 7.15. The molecule has 0 heterocycles. The van der Waals surface area contributed by atoms with Crippen LogP contribution in [0.4, 0.5) is 0 Å². The number of carbonyl (C=O) groups is 2. The fourth-order valence-corrected chi connectivity index (χ4v) is 2.32. The molecular weight excluding hydrogens is 346 g/mol. The molecule has 28 heavy (non-hydrogen) atoms. The molecule has 0 aliphatic rings. The van der Waals surface area contributed by atoms with Crippen LogP contribution in [0.2, 0.25) is 0 Å². The summed E-state index contributed by atoms with van der Waals surface area (Å²) >= 11 is 0. The number of nitrogens with one attached hydrogen (secondary N) is 2. The Hall–Kier alpha value is -1.83. The topological polar surface area (TPSA) is 104 Å². The number of rotatable bonds is 5. The van der Waals surface area contributed by atoms with E-state index in [1.54, 1.807) is 52.0 Å². The van der Waals surface area contributed by atoms with Gasteiger partial charge in [-0.2, -0.15) is 0 Å². The van der Waals surface area contributed by atoms with Gasteiger partial charge in [0.2, 0.25) is 0 Å². The van der Waals surface area contributed by atoms with Gasteiger partial charge >= 0.3 is 37.7 Å². The third-order valence-corrected chi connectivity index (χ3v) is 4.68. The van der Waals surface area contributed by atoms with Crippen LogP contribution in [0.25, 0.3) is 0 Å². The molecule has 0 aromatic heterocycles. The molecule has 2 aromatic carbocycles. The monoisotopic (exact) mass is 368 g/mol. The summed E-state index contributed by atoms with van der Waals surface area (Å²) in [4.78, 5) is 24.9. The van der Waals surface area contributed by atoms with Crippen LogP contribution >= 0.6 is 0 Å². The minimum absolute atomic E-state index is 0. The first-order valence-corrected chi connectivity index (χ1v) is 8.22. The maximum atomic E-state index is 12.5. The van der Waals surface area contributed by atoms with Crippen molar-refractivity contribution in [2.45, 2.75) is 38.8 Å². The Labute approximate surface area is 189 Å². The number of hydrogen-bond donors (Lipinski definition) is 2. The van der Waals surface area contributed by atoms with Crippen molar-refractivity contribution in [1.29, 1.82) is 0 Å². The second-order valence-electron chi connectivity index (χ2n) is 7.15. The third kappa shape index (κ3) is 5.83. The SMILES string of the molecule is CC(C)(NC(=O)c1ccccc1[O-])C(C)(C)NC(=O)c1ccccc1[O-].[Li+].[Li+]. The number of benzene rings is 2. The van der Waals surface area contributed by atoms with Crippen LogP contribution < -0.4 is 58.6 Å². The molecule has 2 aromatic rings. The van der Waals surface area contributed by atoms with E-state index < -0.39 is 22.9 Å². The fraction of sp³-hybridized carbons (Fsp3) is 0.300. The Bertz CT molecular complexity index is 769. The zero-order valence-electron chi connectivity index (χ0n) is 17.3. The van der Waals surface area contributed by atoms with Crippen molar-refractivity contribution in [3.05, 3.63) is 59.7 Å². The van der Waals surface area contributed by atoms with E-state index in [-0.39, 0.29) is 60.3 Å². The van der Waals surface area contributed by atoms with Gasteiger partial charge in [-0.25, -0.2) is 0 Å². The average molecular weight is 368 g/mol. The molecule has 2 rings (SSSR count). The number of carbonyl (C=O) groups excluding carboxylic acids is 2. The standard InChI is InChI=1S/C20H24N2O4.2Li/c1-19(2,21-17(25)13-9-5-7-11-15(13)23)20(3,4)22-18(26)14-10-6-8-12-16(14)24;;/h5-12,23-24H,1-4H3,(H,21,25)(H,22,26);;/q;2*+1/p-2. The molecule has 0 saturated carbocycles. The summed E-state index contributed by atoms with van der Waals surface area (Å²) in [5.41, 5.74) is -1.74. The van der Waals surface area contributed by atoms with Gasteiger partial charge in [0.1, 0.15) is 0 Å². The molecule has 2 amide bonds. The zero-order chi connectivity index (χ0) is 19.5. The predicted molar refractivity (Wildman–Crippen MR) is 94.9 cm³/mol. The summed E-state index contributed by atoms with van der Waals surface area (Å²) in [6, 6.07) is 11.9. The van der Waals surface area contributed by atoms with Crippen molar-refractivity contribution < 1.29 is 57.5 Å². The predicted octanol–water partition coefficient (Wildman–Crippen LogP) is -4.44. The summed E-state index contributed by atoms with van der Waals surface area (Å²) < 4.78 is 0. The Balaban J connectivity index is 0.00000364. The summed E-state index contributed by atoms with van der Waals surface area (Å²) in [5.74, 6) is -1.79. The normalized spacial score (nSPS) is 10.9. The van der Waals surface area contributed by atoms with Crippen molar-refractivity contribution in [3.8, 4) is 11.5 Å². The Morgan fingerprint density at radius 3 is 1.25 bits per heavy atom. The van der Waals surface area contributed by atoms with Gasteiger partial charge in [-0.3, -0.25) is 9.59 Å². The molecule has 0 saturated heterocycles. The minimum Gasteiger partial charge on any atom is -0.872 e. The number of para-hydroxylation sites is 2. The van der Waals surface area contributed by atoms with Gasteiger partial charge in [0.15, 0.2) is 0 Å². The summed E-state index contributed by atoms with van der Waals surface area (Å²) in [7, 11) is 0. The van der Waals surface area contributed by atoms with E-state index in [1.807, 2.05) is 0 Å². The van der Waals surface area contributed by atoms with E-state index in [4.69, 9.17) is 0 Å². The molecule has 0 aliphatic heterocycles. The second kappa shape index (κ2) is 10.1. The first kappa shape index (κ1) is 26.2. The van der Waals surface area contributed by atoms with Gasteiger partial charge in [-0.05, 0) is 27.7 Å². The molecule has 0 unspecified atom stereocenters. The molecule has 0 fully saturated rings. The van der Waals surface area contributed by atoms with Gasteiger partial charge < -0.3 is 20.8 Å². The first-order valence-electron chi connectivity index (χ1n) is 8.22. The first-order chi connectivity index (χ1) is 12.0. The molecule has 0 atom stereocenters. The Kier molecular flexibility index (Phi) is 9.44. The molecule has 0 aliphatic carbocycles. The zero-order valence-corrected chi connectivity index (χ0v) is 17.3. The van der Waals surface area contributed by atoms with Gasteiger partial charge in [-0.15, -0.1) is 0 Å². The van der Waals surface area contributed by atoms with E-state index in [2.05, 4.69) is 10.6 Å². The van der Waals surface area contributed by atoms with Crippen molar-refractivity contribution in [1.82, 2.24) is 10.6 Å². The van der Waals surface area contributed by atoms with Crippen molar-refractivity contribution >= 4 is 11.8 Å². The van der Waals surface area contributed by atoms with Crippen molar-refractivity contribution in [3.63, 3.8) is 0 Å². The largest absolute Gasteiger partial charge is 1.00 e. The summed E-state index contributed by atoms with van der Waals surface area (Å²) in [5, 5.41) is 29.2. The quantitative estimate of drug-likeness (QED) is 0.520. The maximum Gasteiger partial charge on any atom is 1.00 e. The Morgan fingerprint density at radius 2 is 0.964 bits per heavy atom. The van der Waals surface area contributed by atoms with Gasteiger partial charge in [0, 0.05) is 11.1 Å². The van der Waals surface area contributed by atoms with E-state index in [0.29, 0.717) is 0 Å². The fourth-order valence-electron chi connectivity index (χ4n) is 2.32. The average Bonchev–Trinajstić information content (AvgIpc) is 2.54. The Morgan fingerprint density at radius 1 is 0.679 bits per heavy atom. The van der Waals surface area contributed by atoms with Crippen LogP contribution in [0.3, 0.4) is 0 Å². The molecule has 138 valence electrons. The molecule has 2 N–H and O–H groups in total. The molecule has 0 radical (unpaired) electrons. The molecule has 0 bridgehead atoms. The van der Waals surface area contributed by atoms with E-state index >= 15 is 0 Å². The van der Waals surface area contributed by atoms with Crippen LogP contribution in [0.15, 0.2) is 48.5 Å². The van der Waals surface area contributed by atoms with Gasteiger partial charge in [0.25, 0.3) is 11.8 Å². The van der Waals surface area contributed by atoms with Crippen LogP contribution in [-0.2, 0) is 0 Å². The van der Waals surface area contributed by atoms with E-state index in [0.717, 1.165) is 0 Å². The van der Waals surface area contributed by atoms with Crippen LogP contribution in [0, 0.1) is 0 Å². The number of hydrogen-bond acceptors (Lipinski definition) is 4. The summed E-state index contributed by atoms with van der Waals surface area (Å²) in [6.45, 7) is 6.95. The molecule has 8 heteroatoms. The van der Waals surface area contributed by atoms with E-state index in [9.17, 15) is 19.8 Å². The van der Waals surface area contributed by atoms with Gasteiger partial charge in [-0.1, -0.05) is 60.0 Å². The smallest absolute Gasteiger partial charge is 0.872 e. The molecule has 6 nitrogen and oxygen atoms in total. The van der Waals surface area contributed by atoms with Crippen LogP contribution in [0.1, 0.15) is 48.4 Å². The van der Waals surface area contributed by atoms with Crippen LogP contribution in [0.5, 0.6) is 11.5 Å². The maximum absolute atomic E-state index is 12.5.